The van der Waals surface area contributed by atoms with Gasteiger partial charge in [-0.15, -0.1) is 0 Å². The van der Waals surface area contributed by atoms with Crippen molar-refractivity contribution in [2.45, 2.75) is 18.4 Å². The molecule has 1 aromatic carbocycles. The molecule has 4 rings (SSSR count). The van der Waals surface area contributed by atoms with Gasteiger partial charge in [0.15, 0.2) is 0 Å². The molecule has 0 aliphatic carbocycles. The quantitative estimate of drug-likeness (QED) is 0.751. The van der Waals surface area contributed by atoms with Gasteiger partial charge >= 0.3 is 0 Å². The molecule has 26 heavy (non-hydrogen) atoms. The number of halogens is 1. The van der Waals surface area contributed by atoms with Gasteiger partial charge in [0.25, 0.3) is 5.91 Å². The van der Waals surface area contributed by atoms with Crippen LogP contribution in [0.3, 0.4) is 0 Å². The molecule has 134 valence electrons. The fraction of sp³-hybridized carbons (Fsp3) is 0.278. The maximum Gasteiger partial charge on any atom is 0.252 e. The molecule has 1 amide bonds. The number of benzene rings is 1. The monoisotopic (exact) mass is 354 g/mol. The highest BCUT2D eigenvalue weighted by molar-refractivity contribution is 5.96. The van der Waals surface area contributed by atoms with Crippen LogP contribution in [0.2, 0.25) is 0 Å². The van der Waals surface area contributed by atoms with Crippen molar-refractivity contribution in [1.82, 2.24) is 24.6 Å². The molecule has 0 unspecified atom stereocenters. The lowest BCUT2D eigenvalue weighted by molar-refractivity contribution is -0.126. The Hall–Kier alpha value is -3.00. The molecule has 7 nitrogen and oxygen atoms in total. The lowest BCUT2D eigenvalue weighted by Crippen LogP contribution is -2.52. The second-order valence-corrected chi connectivity index (χ2v) is 6.32. The van der Waals surface area contributed by atoms with Crippen LogP contribution in [-0.4, -0.2) is 38.3 Å². The molecule has 3 heterocycles. The van der Waals surface area contributed by atoms with Gasteiger partial charge in [-0.05, 0) is 50.2 Å². The number of aromatic nitrogens is 4. The normalized spacial score (nSPS) is 16.3. The summed E-state index contributed by atoms with van der Waals surface area (Å²) < 4.78 is 17.7. The van der Waals surface area contributed by atoms with Crippen LogP contribution in [0.4, 0.5) is 10.1 Å². The van der Waals surface area contributed by atoms with Crippen LogP contribution in [-0.2, 0) is 10.3 Å². The Labute approximate surface area is 149 Å². The van der Waals surface area contributed by atoms with E-state index in [0.29, 0.717) is 24.2 Å². The molecule has 1 saturated heterocycles. The SMILES string of the molecule is O=C(Nc1ccc(-n2ccnc2)c(F)c1)C1(n2cccn2)CCNCC1. The van der Waals surface area contributed by atoms with Gasteiger partial charge in [-0.2, -0.15) is 5.10 Å². The molecule has 0 spiro atoms. The molecule has 3 aromatic rings. The summed E-state index contributed by atoms with van der Waals surface area (Å²) in [5.41, 5.74) is 0.0272. The van der Waals surface area contributed by atoms with Crippen LogP contribution in [0.5, 0.6) is 0 Å². The van der Waals surface area contributed by atoms with Crippen molar-refractivity contribution in [3.8, 4) is 5.69 Å². The van der Waals surface area contributed by atoms with Gasteiger partial charge in [0.2, 0.25) is 0 Å². The van der Waals surface area contributed by atoms with Crippen molar-refractivity contribution < 1.29 is 9.18 Å². The third kappa shape index (κ3) is 2.88. The smallest absolute Gasteiger partial charge is 0.252 e. The maximum absolute atomic E-state index is 14.4. The van der Waals surface area contributed by atoms with Gasteiger partial charge in [0.05, 0.1) is 12.0 Å². The molecular formula is C18H19FN6O. The van der Waals surface area contributed by atoms with E-state index in [1.54, 1.807) is 52.2 Å². The zero-order valence-electron chi connectivity index (χ0n) is 14.1. The molecule has 8 heteroatoms. The Morgan fingerprint density at radius 1 is 1.23 bits per heavy atom. The highest BCUT2D eigenvalue weighted by Crippen LogP contribution is 2.29. The number of nitrogens with one attached hydrogen (secondary N) is 2. The van der Waals surface area contributed by atoms with Gasteiger partial charge in [0, 0.05) is 30.5 Å². The summed E-state index contributed by atoms with van der Waals surface area (Å²) >= 11 is 0. The molecule has 0 bridgehead atoms. The number of carbonyl (C=O) groups is 1. The lowest BCUT2D eigenvalue weighted by atomic mass is 9.87. The Morgan fingerprint density at radius 3 is 2.73 bits per heavy atom. The number of piperidine rings is 1. The molecule has 0 radical (unpaired) electrons. The molecule has 2 aromatic heterocycles. The number of anilines is 1. The zero-order valence-corrected chi connectivity index (χ0v) is 14.1. The van der Waals surface area contributed by atoms with E-state index in [4.69, 9.17) is 0 Å². The fourth-order valence-electron chi connectivity index (χ4n) is 3.37. The van der Waals surface area contributed by atoms with Crippen LogP contribution in [0.1, 0.15) is 12.8 Å². The summed E-state index contributed by atoms with van der Waals surface area (Å²) in [5, 5.41) is 10.4. The van der Waals surface area contributed by atoms with Crippen molar-refractivity contribution in [2.75, 3.05) is 18.4 Å². The van der Waals surface area contributed by atoms with Crippen LogP contribution in [0, 0.1) is 5.82 Å². The predicted octanol–water partition coefficient (Wildman–Crippen LogP) is 1.93. The van der Waals surface area contributed by atoms with E-state index >= 15 is 0 Å². The minimum Gasteiger partial charge on any atom is -0.324 e. The molecule has 1 fully saturated rings. The summed E-state index contributed by atoms with van der Waals surface area (Å²) in [5.74, 6) is -0.614. The van der Waals surface area contributed by atoms with E-state index in [0.717, 1.165) is 13.1 Å². The number of imidazole rings is 1. The molecule has 0 atom stereocenters. The van der Waals surface area contributed by atoms with Crippen molar-refractivity contribution in [3.05, 3.63) is 61.2 Å². The Morgan fingerprint density at radius 2 is 2.08 bits per heavy atom. The average Bonchev–Trinajstić information content (AvgIpc) is 3.36. The van der Waals surface area contributed by atoms with Gasteiger partial charge < -0.3 is 15.2 Å². The largest absolute Gasteiger partial charge is 0.324 e. The first kappa shape index (κ1) is 16.5. The Bertz CT molecular complexity index is 885. The predicted molar refractivity (Wildman–Crippen MR) is 94.5 cm³/mol. The third-order valence-electron chi connectivity index (χ3n) is 4.78. The first-order chi connectivity index (χ1) is 12.7. The van der Waals surface area contributed by atoms with Crippen LogP contribution >= 0.6 is 0 Å². The number of hydrogen-bond acceptors (Lipinski definition) is 4. The summed E-state index contributed by atoms with van der Waals surface area (Å²) in [6.45, 7) is 1.45. The maximum atomic E-state index is 14.4. The third-order valence-corrected chi connectivity index (χ3v) is 4.78. The average molecular weight is 354 g/mol. The van der Waals surface area contributed by atoms with Crippen molar-refractivity contribution in [3.63, 3.8) is 0 Å². The molecule has 1 aliphatic rings. The lowest BCUT2D eigenvalue weighted by Gasteiger charge is -2.36. The first-order valence-corrected chi connectivity index (χ1v) is 8.49. The molecule has 2 N–H and O–H groups in total. The van der Waals surface area contributed by atoms with Crippen molar-refractivity contribution >= 4 is 11.6 Å². The van der Waals surface area contributed by atoms with Gasteiger partial charge in [0.1, 0.15) is 11.4 Å². The summed E-state index contributed by atoms with van der Waals surface area (Å²) in [6.07, 6.45) is 9.48. The fourth-order valence-corrected chi connectivity index (χ4v) is 3.37. The van der Waals surface area contributed by atoms with Crippen molar-refractivity contribution in [1.29, 1.82) is 0 Å². The zero-order chi connectivity index (χ0) is 18.0. The second-order valence-electron chi connectivity index (χ2n) is 6.32. The van der Waals surface area contributed by atoms with Gasteiger partial charge in [-0.25, -0.2) is 9.37 Å². The van der Waals surface area contributed by atoms with E-state index in [9.17, 15) is 9.18 Å². The minimum absolute atomic E-state index is 0.183. The van der Waals surface area contributed by atoms with Crippen LogP contribution in [0.25, 0.3) is 5.69 Å². The van der Waals surface area contributed by atoms with Crippen LogP contribution < -0.4 is 10.6 Å². The topological polar surface area (TPSA) is 76.8 Å². The first-order valence-electron chi connectivity index (χ1n) is 8.49. The van der Waals surface area contributed by atoms with Gasteiger partial charge in [-0.1, -0.05) is 0 Å². The standard InChI is InChI=1S/C18H19FN6O/c19-15-12-14(2-3-16(15)24-11-9-21-13-24)23-17(26)18(4-7-20-8-5-18)25-10-1-6-22-25/h1-3,6,9-13,20H,4-5,7-8H2,(H,23,26). The Kier molecular flexibility index (Phi) is 4.26. The summed E-state index contributed by atoms with van der Waals surface area (Å²) in [7, 11) is 0. The number of hydrogen-bond donors (Lipinski definition) is 2. The molecular weight excluding hydrogens is 335 g/mol. The van der Waals surface area contributed by atoms with Crippen LogP contribution in [0.15, 0.2) is 55.4 Å². The summed E-state index contributed by atoms with van der Waals surface area (Å²) in [6, 6.07) is 6.44. The minimum atomic E-state index is -0.770. The number of amides is 1. The van der Waals surface area contributed by atoms with E-state index in [1.807, 2.05) is 0 Å². The van der Waals surface area contributed by atoms with Gasteiger partial charge in [-0.3, -0.25) is 9.48 Å². The molecule has 1 aliphatic heterocycles. The Balaban J connectivity index is 1.60. The van der Waals surface area contributed by atoms with Crippen molar-refractivity contribution in [2.24, 2.45) is 0 Å². The number of carbonyl (C=O) groups excluding carboxylic acids is 1. The number of rotatable bonds is 4. The molecule has 0 saturated carbocycles. The second kappa shape index (κ2) is 6.72. The highest BCUT2D eigenvalue weighted by atomic mass is 19.1. The number of nitrogens with zero attached hydrogens (tertiary/aromatic N) is 4. The van der Waals surface area contributed by atoms with E-state index in [1.165, 1.54) is 12.4 Å². The highest BCUT2D eigenvalue weighted by Gasteiger charge is 2.42. The van der Waals surface area contributed by atoms with E-state index < -0.39 is 11.4 Å². The summed E-state index contributed by atoms with van der Waals surface area (Å²) in [4.78, 5) is 17.0. The van der Waals surface area contributed by atoms with E-state index in [2.05, 4.69) is 20.7 Å². The van der Waals surface area contributed by atoms with E-state index in [-0.39, 0.29) is 5.91 Å².